The molecule has 1 aromatic rings. The number of benzene rings is 1. The summed E-state index contributed by atoms with van der Waals surface area (Å²) < 4.78 is 1.10. The molecule has 0 radical (unpaired) electrons. The third-order valence-corrected chi connectivity index (χ3v) is 3.74. The van der Waals surface area contributed by atoms with E-state index in [1.807, 2.05) is 18.2 Å². The Bertz CT molecular complexity index is 449. The molecule has 0 saturated carbocycles. The van der Waals surface area contributed by atoms with Crippen LogP contribution in [-0.4, -0.2) is 16.9 Å². The Morgan fingerprint density at radius 1 is 1.44 bits per heavy atom. The maximum absolute atomic E-state index is 9.50. The zero-order chi connectivity index (χ0) is 11.9. The van der Waals surface area contributed by atoms with Gasteiger partial charge in [-0.2, -0.15) is 0 Å². The number of aliphatic hydroxyl groups excluding tert-OH is 1. The van der Waals surface area contributed by atoms with E-state index >= 15 is 0 Å². The van der Waals surface area contributed by atoms with Crippen molar-refractivity contribution >= 4 is 27.3 Å². The predicted octanol–water partition coefficient (Wildman–Crippen LogP) is 3.58. The van der Waals surface area contributed by atoms with Crippen LogP contribution in [0.3, 0.4) is 0 Å². The Morgan fingerprint density at radius 2 is 2.12 bits per heavy atom. The number of aliphatic hydroxyl groups is 1. The quantitative estimate of drug-likeness (QED) is 0.883. The molecule has 1 N–H and O–H groups in total. The summed E-state index contributed by atoms with van der Waals surface area (Å²) in [7, 11) is 0. The minimum absolute atomic E-state index is 0.0909. The van der Waals surface area contributed by atoms with E-state index in [1.54, 1.807) is 6.92 Å². The van der Waals surface area contributed by atoms with Gasteiger partial charge in [0.25, 0.3) is 0 Å². The van der Waals surface area contributed by atoms with Crippen molar-refractivity contribution in [3.63, 3.8) is 0 Å². The fraction of sp³-hybridized carbons (Fsp3) is 0.462. The van der Waals surface area contributed by atoms with Crippen LogP contribution in [-0.2, 0) is 5.41 Å². The third-order valence-electron chi connectivity index (χ3n) is 3.08. The van der Waals surface area contributed by atoms with Crippen LogP contribution in [0.2, 0.25) is 0 Å². The van der Waals surface area contributed by atoms with E-state index in [1.165, 1.54) is 5.56 Å². The summed E-state index contributed by atoms with van der Waals surface area (Å²) in [6.45, 7) is 6.12. The maximum Gasteiger partial charge on any atom is 0.0682 e. The van der Waals surface area contributed by atoms with Gasteiger partial charge in [0.15, 0.2) is 0 Å². The number of aliphatic imine (C=N–C) groups is 1. The van der Waals surface area contributed by atoms with Crippen molar-refractivity contribution in [1.82, 2.24) is 0 Å². The van der Waals surface area contributed by atoms with E-state index in [-0.39, 0.29) is 11.5 Å². The normalized spacial score (nSPS) is 19.2. The summed E-state index contributed by atoms with van der Waals surface area (Å²) in [6, 6.07) is 6.06. The minimum Gasteiger partial charge on any atom is -0.393 e. The molecule has 86 valence electrons. The lowest BCUT2D eigenvalue weighted by Gasteiger charge is -2.24. The zero-order valence-electron chi connectivity index (χ0n) is 9.79. The van der Waals surface area contributed by atoms with Crippen molar-refractivity contribution in [2.75, 3.05) is 0 Å². The standard InChI is InChI=1S/C13H16BrNO/c1-8(16)7-11-13(2,3)12-9(14)5-4-6-10(12)15-11/h4-6,8,16H,7H2,1-3H3. The fourth-order valence-electron chi connectivity index (χ4n) is 2.23. The topological polar surface area (TPSA) is 32.6 Å². The molecule has 16 heavy (non-hydrogen) atoms. The molecule has 0 spiro atoms. The molecule has 1 heterocycles. The van der Waals surface area contributed by atoms with E-state index in [0.29, 0.717) is 6.42 Å². The van der Waals surface area contributed by atoms with Gasteiger partial charge in [-0.15, -0.1) is 0 Å². The summed E-state index contributed by atoms with van der Waals surface area (Å²) in [5, 5.41) is 9.50. The summed E-state index contributed by atoms with van der Waals surface area (Å²) in [4.78, 5) is 4.63. The van der Waals surface area contributed by atoms with E-state index in [2.05, 4.69) is 34.8 Å². The number of hydrogen-bond acceptors (Lipinski definition) is 2. The molecule has 0 saturated heterocycles. The number of rotatable bonds is 2. The van der Waals surface area contributed by atoms with Gasteiger partial charge in [0, 0.05) is 27.6 Å². The van der Waals surface area contributed by atoms with Crippen molar-refractivity contribution < 1.29 is 5.11 Å². The third kappa shape index (κ3) is 1.82. The molecular weight excluding hydrogens is 266 g/mol. The lowest BCUT2D eigenvalue weighted by atomic mass is 9.80. The van der Waals surface area contributed by atoms with Crippen LogP contribution < -0.4 is 0 Å². The average molecular weight is 282 g/mol. The molecular formula is C13H16BrNO. The van der Waals surface area contributed by atoms with Crippen molar-refractivity contribution in [1.29, 1.82) is 0 Å². The van der Waals surface area contributed by atoms with Gasteiger partial charge in [-0.1, -0.05) is 35.8 Å². The first-order valence-corrected chi connectivity index (χ1v) is 6.27. The Morgan fingerprint density at radius 3 is 2.69 bits per heavy atom. The van der Waals surface area contributed by atoms with Crippen LogP contribution in [0.5, 0.6) is 0 Å². The van der Waals surface area contributed by atoms with Crippen molar-refractivity contribution in [2.24, 2.45) is 4.99 Å². The average Bonchev–Trinajstić information content (AvgIpc) is 2.38. The molecule has 2 rings (SSSR count). The molecule has 3 heteroatoms. The molecule has 1 aromatic carbocycles. The van der Waals surface area contributed by atoms with Gasteiger partial charge in [-0.05, 0) is 19.1 Å². The van der Waals surface area contributed by atoms with E-state index < -0.39 is 0 Å². The number of fused-ring (bicyclic) bond motifs is 1. The lowest BCUT2D eigenvalue weighted by Crippen LogP contribution is -2.28. The number of hydrogen-bond donors (Lipinski definition) is 1. The molecule has 1 atom stereocenters. The molecule has 0 aromatic heterocycles. The monoisotopic (exact) mass is 281 g/mol. The SMILES string of the molecule is CC(O)CC1=Nc2cccc(Br)c2C1(C)C. The van der Waals surface area contributed by atoms with Gasteiger partial charge in [-0.3, -0.25) is 4.99 Å². The van der Waals surface area contributed by atoms with E-state index in [0.717, 1.165) is 15.9 Å². The summed E-state index contributed by atoms with van der Waals surface area (Å²) in [5.74, 6) is 0. The smallest absolute Gasteiger partial charge is 0.0682 e. The molecule has 0 fully saturated rings. The highest BCUT2D eigenvalue weighted by Gasteiger charge is 2.36. The first-order valence-electron chi connectivity index (χ1n) is 5.48. The molecule has 0 bridgehead atoms. The molecule has 1 aliphatic rings. The molecule has 2 nitrogen and oxygen atoms in total. The summed E-state index contributed by atoms with van der Waals surface area (Å²) in [5.41, 5.74) is 3.22. The summed E-state index contributed by atoms with van der Waals surface area (Å²) in [6.07, 6.45) is 0.291. The first-order chi connectivity index (χ1) is 7.43. The second kappa shape index (κ2) is 3.97. The van der Waals surface area contributed by atoms with Crippen LogP contribution in [0.25, 0.3) is 0 Å². The Kier molecular flexibility index (Phi) is 2.93. The van der Waals surface area contributed by atoms with Gasteiger partial charge < -0.3 is 5.11 Å². The Labute approximate surface area is 105 Å². The second-order valence-electron chi connectivity index (χ2n) is 4.87. The summed E-state index contributed by atoms with van der Waals surface area (Å²) >= 11 is 3.58. The molecule has 1 unspecified atom stereocenters. The predicted molar refractivity (Wildman–Crippen MR) is 70.6 cm³/mol. The van der Waals surface area contributed by atoms with Crippen LogP contribution in [0.15, 0.2) is 27.7 Å². The fourth-order valence-corrected chi connectivity index (χ4v) is 3.09. The van der Waals surface area contributed by atoms with Crippen LogP contribution in [0.1, 0.15) is 32.8 Å². The van der Waals surface area contributed by atoms with Gasteiger partial charge in [0.1, 0.15) is 0 Å². The number of halogens is 1. The molecule has 0 aliphatic carbocycles. The zero-order valence-corrected chi connectivity index (χ0v) is 11.4. The first kappa shape index (κ1) is 11.8. The highest BCUT2D eigenvalue weighted by Crippen LogP contribution is 2.44. The van der Waals surface area contributed by atoms with Gasteiger partial charge in [-0.25, -0.2) is 0 Å². The van der Waals surface area contributed by atoms with Crippen LogP contribution in [0.4, 0.5) is 5.69 Å². The van der Waals surface area contributed by atoms with Gasteiger partial charge >= 0.3 is 0 Å². The van der Waals surface area contributed by atoms with Crippen molar-refractivity contribution in [2.45, 2.75) is 38.7 Å². The van der Waals surface area contributed by atoms with Gasteiger partial charge in [0.05, 0.1) is 11.8 Å². The highest BCUT2D eigenvalue weighted by atomic mass is 79.9. The largest absolute Gasteiger partial charge is 0.393 e. The Balaban J connectivity index is 2.47. The Hall–Kier alpha value is -0.670. The maximum atomic E-state index is 9.50. The second-order valence-corrected chi connectivity index (χ2v) is 5.72. The lowest BCUT2D eigenvalue weighted by molar-refractivity contribution is 0.201. The van der Waals surface area contributed by atoms with Gasteiger partial charge in [0.2, 0.25) is 0 Å². The van der Waals surface area contributed by atoms with Crippen LogP contribution >= 0.6 is 15.9 Å². The van der Waals surface area contributed by atoms with Crippen molar-refractivity contribution in [3.05, 3.63) is 28.2 Å². The highest BCUT2D eigenvalue weighted by molar-refractivity contribution is 9.10. The minimum atomic E-state index is -0.342. The molecule has 1 aliphatic heterocycles. The number of nitrogens with zero attached hydrogens (tertiary/aromatic N) is 1. The molecule has 0 amide bonds. The van der Waals surface area contributed by atoms with Crippen LogP contribution in [0, 0.1) is 0 Å². The van der Waals surface area contributed by atoms with E-state index in [4.69, 9.17) is 0 Å². The van der Waals surface area contributed by atoms with Crippen molar-refractivity contribution in [3.8, 4) is 0 Å². The van der Waals surface area contributed by atoms with E-state index in [9.17, 15) is 5.11 Å².